The minimum absolute atomic E-state index is 0.0409. The highest BCUT2D eigenvalue weighted by molar-refractivity contribution is 6.03. The van der Waals surface area contributed by atoms with Crippen molar-refractivity contribution in [1.29, 1.82) is 0 Å². The molecule has 7 nitrogen and oxygen atoms in total. The first-order chi connectivity index (χ1) is 15.0. The summed E-state index contributed by atoms with van der Waals surface area (Å²) < 4.78 is 5.75. The summed E-state index contributed by atoms with van der Waals surface area (Å²) in [7, 11) is 1.62. The standard InChI is InChI=1S/C24H20N4O3/c1-15-9-11-18(26-22(15)16-7-5-4-6-8-16)23(29)27-19-14-31-21-13-17(25-2)10-12-20(21)28(3)24(19)30/h4-13,19H,14H2,1,3H3,(H,27,29)/t19-/m0/s1. The number of nitrogens with one attached hydrogen (secondary N) is 1. The van der Waals surface area contributed by atoms with E-state index in [1.807, 2.05) is 43.3 Å². The molecule has 1 atom stereocenters. The van der Waals surface area contributed by atoms with E-state index in [2.05, 4.69) is 15.1 Å². The van der Waals surface area contributed by atoms with E-state index in [0.29, 0.717) is 22.8 Å². The summed E-state index contributed by atoms with van der Waals surface area (Å²) in [6.07, 6.45) is 0. The number of nitrogens with zero attached hydrogens (tertiary/aromatic N) is 3. The van der Waals surface area contributed by atoms with Crippen LogP contribution in [0.3, 0.4) is 0 Å². The molecule has 0 bridgehead atoms. The molecule has 7 heteroatoms. The zero-order chi connectivity index (χ0) is 22.0. The summed E-state index contributed by atoms with van der Waals surface area (Å²) in [6.45, 7) is 9.05. The van der Waals surface area contributed by atoms with Crippen LogP contribution < -0.4 is 15.0 Å². The largest absolute Gasteiger partial charge is 0.490 e. The summed E-state index contributed by atoms with van der Waals surface area (Å²) in [5.41, 5.74) is 3.76. The first-order valence-corrected chi connectivity index (χ1v) is 9.73. The second kappa shape index (κ2) is 8.28. The number of benzene rings is 2. The third kappa shape index (κ3) is 3.96. The quantitative estimate of drug-likeness (QED) is 0.665. The molecule has 31 heavy (non-hydrogen) atoms. The van der Waals surface area contributed by atoms with Crippen molar-refractivity contribution in [3.63, 3.8) is 0 Å². The fraction of sp³-hybridized carbons (Fsp3) is 0.167. The third-order valence-electron chi connectivity index (χ3n) is 5.15. The van der Waals surface area contributed by atoms with Crippen LogP contribution in [-0.4, -0.2) is 36.5 Å². The van der Waals surface area contributed by atoms with Gasteiger partial charge >= 0.3 is 0 Å². The highest BCUT2D eigenvalue weighted by atomic mass is 16.5. The molecule has 1 N–H and O–H groups in total. The number of hydrogen-bond donors (Lipinski definition) is 1. The number of aromatic nitrogens is 1. The van der Waals surface area contributed by atoms with Crippen LogP contribution in [0, 0.1) is 13.5 Å². The van der Waals surface area contributed by atoms with Crippen LogP contribution in [0.25, 0.3) is 16.1 Å². The van der Waals surface area contributed by atoms with E-state index >= 15 is 0 Å². The molecular weight excluding hydrogens is 392 g/mol. The number of likely N-dealkylation sites (N-methyl/N-ethyl adjacent to an activating group) is 1. The van der Waals surface area contributed by atoms with Gasteiger partial charge in [0.2, 0.25) is 0 Å². The Morgan fingerprint density at radius 3 is 2.71 bits per heavy atom. The Bertz CT molecular complexity index is 1200. The lowest BCUT2D eigenvalue weighted by molar-refractivity contribution is -0.120. The monoisotopic (exact) mass is 412 g/mol. The Morgan fingerprint density at radius 2 is 1.97 bits per heavy atom. The van der Waals surface area contributed by atoms with Crippen LogP contribution in [0.2, 0.25) is 0 Å². The lowest BCUT2D eigenvalue weighted by Gasteiger charge is -2.20. The number of fused-ring (bicyclic) bond motifs is 1. The second-order valence-electron chi connectivity index (χ2n) is 7.23. The van der Waals surface area contributed by atoms with E-state index < -0.39 is 11.9 Å². The summed E-state index contributed by atoms with van der Waals surface area (Å²) in [5, 5.41) is 2.74. The summed E-state index contributed by atoms with van der Waals surface area (Å²) in [6, 6.07) is 17.1. The van der Waals surface area contributed by atoms with Gasteiger partial charge in [-0.1, -0.05) is 42.5 Å². The normalized spacial score (nSPS) is 15.3. The van der Waals surface area contributed by atoms with Crippen molar-refractivity contribution >= 4 is 23.2 Å². The first kappa shape index (κ1) is 20.1. The molecule has 1 aliphatic heterocycles. The number of anilines is 1. The molecule has 1 aromatic heterocycles. The van der Waals surface area contributed by atoms with Gasteiger partial charge in [0.25, 0.3) is 11.8 Å². The Morgan fingerprint density at radius 1 is 1.19 bits per heavy atom. The molecular formula is C24H20N4O3. The molecule has 0 radical (unpaired) electrons. The number of pyridine rings is 1. The van der Waals surface area contributed by atoms with Crippen LogP contribution in [0.1, 0.15) is 16.1 Å². The van der Waals surface area contributed by atoms with E-state index in [1.165, 1.54) is 4.90 Å². The maximum absolute atomic E-state index is 12.9. The van der Waals surface area contributed by atoms with Crippen molar-refractivity contribution in [1.82, 2.24) is 10.3 Å². The Kier molecular flexibility index (Phi) is 5.37. The van der Waals surface area contributed by atoms with Gasteiger partial charge in [-0.2, -0.15) is 0 Å². The zero-order valence-corrected chi connectivity index (χ0v) is 17.1. The van der Waals surface area contributed by atoms with Gasteiger partial charge in [0.15, 0.2) is 5.69 Å². The molecule has 0 saturated heterocycles. The number of amides is 2. The van der Waals surface area contributed by atoms with Crippen LogP contribution in [0.15, 0.2) is 60.7 Å². The Hall–Kier alpha value is -4.18. The first-order valence-electron chi connectivity index (χ1n) is 9.73. The number of ether oxygens (including phenoxy) is 1. The zero-order valence-electron chi connectivity index (χ0n) is 17.1. The van der Waals surface area contributed by atoms with Gasteiger partial charge in [0.1, 0.15) is 24.1 Å². The number of rotatable bonds is 3. The van der Waals surface area contributed by atoms with Gasteiger partial charge in [0, 0.05) is 12.6 Å². The lowest BCUT2D eigenvalue weighted by Crippen LogP contribution is -2.49. The van der Waals surface area contributed by atoms with Crippen LogP contribution >= 0.6 is 0 Å². The van der Waals surface area contributed by atoms with E-state index in [9.17, 15) is 9.59 Å². The van der Waals surface area contributed by atoms with E-state index in [-0.39, 0.29) is 18.2 Å². The smallest absolute Gasteiger partial charge is 0.270 e. The van der Waals surface area contributed by atoms with E-state index in [0.717, 1.165) is 11.1 Å². The Labute approximate surface area is 180 Å². The summed E-state index contributed by atoms with van der Waals surface area (Å²) >= 11 is 0. The van der Waals surface area contributed by atoms with Crippen molar-refractivity contribution in [3.05, 3.63) is 83.3 Å². The van der Waals surface area contributed by atoms with Crippen LogP contribution in [0.5, 0.6) is 5.75 Å². The number of carbonyl (C=O) groups excluding carboxylic acids is 2. The van der Waals surface area contributed by atoms with Gasteiger partial charge in [-0.05, 0) is 30.7 Å². The SMILES string of the molecule is [C-]#[N+]c1ccc2c(c1)OC[C@H](NC(=O)c1ccc(C)c(-c3ccccc3)n1)C(=O)N2C. The molecule has 4 rings (SSSR count). The number of aryl methyl sites for hydroxylation is 1. The third-order valence-corrected chi connectivity index (χ3v) is 5.15. The second-order valence-corrected chi connectivity index (χ2v) is 7.23. The minimum atomic E-state index is -0.885. The Balaban J connectivity index is 1.57. The van der Waals surface area contributed by atoms with Gasteiger partial charge < -0.3 is 15.0 Å². The van der Waals surface area contributed by atoms with E-state index in [1.54, 1.807) is 31.3 Å². The molecule has 1 aliphatic rings. The molecule has 0 unspecified atom stereocenters. The van der Waals surface area contributed by atoms with Crippen LogP contribution in [-0.2, 0) is 4.79 Å². The highest BCUT2D eigenvalue weighted by Crippen LogP contribution is 2.34. The van der Waals surface area contributed by atoms with Gasteiger partial charge in [0.05, 0.1) is 18.0 Å². The summed E-state index contributed by atoms with van der Waals surface area (Å²) in [5.74, 6) is -0.334. The van der Waals surface area contributed by atoms with Crippen LogP contribution in [0.4, 0.5) is 11.4 Å². The average Bonchev–Trinajstić information content (AvgIpc) is 2.91. The molecule has 0 spiro atoms. The number of carbonyl (C=O) groups is 2. The van der Waals surface area contributed by atoms with Crippen molar-refractivity contribution in [2.75, 3.05) is 18.6 Å². The molecule has 0 saturated carbocycles. The molecule has 0 aliphatic carbocycles. The van der Waals surface area contributed by atoms with Gasteiger partial charge in [-0.15, -0.1) is 0 Å². The fourth-order valence-corrected chi connectivity index (χ4v) is 3.44. The summed E-state index contributed by atoms with van der Waals surface area (Å²) in [4.78, 5) is 35.2. The maximum Gasteiger partial charge on any atom is 0.270 e. The molecule has 2 heterocycles. The molecule has 154 valence electrons. The maximum atomic E-state index is 12.9. The van der Waals surface area contributed by atoms with Crippen molar-refractivity contribution in [3.8, 4) is 17.0 Å². The molecule has 2 amide bonds. The topological polar surface area (TPSA) is 75.9 Å². The van der Waals surface area contributed by atoms with Crippen molar-refractivity contribution in [2.45, 2.75) is 13.0 Å². The highest BCUT2D eigenvalue weighted by Gasteiger charge is 2.31. The number of hydrogen-bond acceptors (Lipinski definition) is 4. The van der Waals surface area contributed by atoms with Crippen molar-refractivity contribution < 1.29 is 14.3 Å². The predicted molar refractivity (Wildman–Crippen MR) is 117 cm³/mol. The van der Waals surface area contributed by atoms with Gasteiger partial charge in [-0.25, -0.2) is 9.83 Å². The van der Waals surface area contributed by atoms with Crippen molar-refractivity contribution in [2.24, 2.45) is 0 Å². The average molecular weight is 412 g/mol. The van der Waals surface area contributed by atoms with Gasteiger partial charge in [-0.3, -0.25) is 9.59 Å². The predicted octanol–water partition coefficient (Wildman–Crippen LogP) is 3.76. The lowest BCUT2D eigenvalue weighted by atomic mass is 10.1. The minimum Gasteiger partial charge on any atom is -0.490 e. The fourth-order valence-electron chi connectivity index (χ4n) is 3.44. The molecule has 3 aromatic rings. The molecule has 0 fully saturated rings. The molecule has 2 aromatic carbocycles. The van der Waals surface area contributed by atoms with E-state index in [4.69, 9.17) is 11.3 Å².